The molecule has 0 fully saturated rings. The molecule has 1 aromatic rings. The molecule has 2 N–H and O–H groups in total. The number of hydrogen-bond acceptors (Lipinski definition) is 4. The third kappa shape index (κ3) is 9.56. The van der Waals surface area contributed by atoms with Crippen LogP contribution >= 0.6 is 24.0 Å². The minimum Gasteiger partial charge on any atom is -0.356 e. The number of hydrogen-bond donors (Lipinski definition) is 2. The van der Waals surface area contributed by atoms with E-state index >= 15 is 0 Å². The second-order valence-corrected chi connectivity index (χ2v) is 10.8. The van der Waals surface area contributed by atoms with Gasteiger partial charge in [0, 0.05) is 32.7 Å². The summed E-state index contributed by atoms with van der Waals surface area (Å²) in [6.45, 7) is 9.42. The molecule has 0 saturated carbocycles. The molecular weight excluding hydrogens is 487 g/mol. The summed E-state index contributed by atoms with van der Waals surface area (Å²) in [6.07, 6.45) is 0.963. The largest absolute Gasteiger partial charge is 0.356 e. The molecule has 28 heavy (non-hydrogen) atoms. The van der Waals surface area contributed by atoms with Crippen molar-refractivity contribution in [3.8, 4) is 0 Å². The third-order valence-corrected chi connectivity index (χ3v) is 7.31. The Morgan fingerprint density at radius 3 is 2.25 bits per heavy atom. The minimum absolute atomic E-state index is 0. The first-order chi connectivity index (χ1) is 12.6. The molecule has 6 nitrogen and oxygen atoms in total. The zero-order valence-electron chi connectivity index (χ0n) is 18.0. The Balaban J connectivity index is 0.00000729. The first-order valence-electron chi connectivity index (χ1n) is 9.48. The van der Waals surface area contributed by atoms with Gasteiger partial charge in [0.05, 0.1) is 10.5 Å². The number of sulfone groups is 1. The lowest BCUT2D eigenvalue weighted by molar-refractivity contribution is 0.238. The standard InChI is InChI=1S/C20H36N4O2S.HI/c1-17(24(6)16-18-10-8-7-9-11-18)12-13-22-19(21-5)23-14-15-27(25,26)20(2,3)4;/h7-11,17H,12-16H2,1-6H3,(H2,21,22,23);1H. The van der Waals surface area contributed by atoms with Gasteiger partial charge < -0.3 is 10.6 Å². The van der Waals surface area contributed by atoms with Crippen LogP contribution in [0.3, 0.4) is 0 Å². The molecule has 0 aliphatic rings. The van der Waals surface area contributed by atoms with Crippen molar-refractivity contribution in [2.24, 2.45) is 4.99 Å². The number of nitrogens with zero attached hydrogens (tertiary/aromatic N) is 2. The van der Waals surface area contributed by atoms with Crippen LogP contribution in [0.15, 0.2) is 35.3 Å². The predicted octanol–water partition coefficient (Wildman–Crippen LogP) is 2.89. The molecule has 0 aliphatic heterocycles. The van der Waals surface area contributed by atoms with Crippen molar-refractivity contribution in [1.82, 2.24) is 15.5 Å². The van der Waals surface area contributed by atoms with Crippen LogP contribution in [0, 0.1) is 0 Å². The van der Waals surface area contributed by atoms with E-state index in [4.69, 9.17) is 0 Å². The fourth-order valence-electron chi connectivity index (χ4n) is 2.48. The SMILES string of the molecule is CN=C(NCCC(C)N(C)Cc1ccccc1)NCCS(=O)(=O)C(C)(C)C.I. The van der Waals surface area contributed by atoms with Gasteiger partial charge in [0.1, 0.15) is 0 Å². The Hall–Kier alpha value is -0.870. The Kier molecular flexibility index (Phi) is 12.2. The Labute approximate surface area is 188 Å². The number of nitrogens with one attached hydrogen (secondary N) is 2. The van der Waals surface area contributed by atoms with Crippen molar-refractivity contribution >= 4 is 39.8 Å². The van der Waals surface area contributed by atoms with E-state index in [1.165, 1.54) is 5.56 Å². The molecular formula is C20H37IN4O2S. The van der Waals surface area contributed by atoms with Gasteiger partial charge in [0.2, 0.25) is 0 Å². The highest BCUT2D eigenvalue weighted by molar-refractivity contribution is 14.0. The summed E-state index contributed by atoms with van der Waals surface area (Å²) in [4.78, 5) is 6.49. The van der Waals surface area contributed by atoms with Gasteiger partial charge in [-0.1, -0.05) is 30.3 Å². The topological polar surface area (TPSA) is 73.8 Å². The van der Waals surface area contributed by atoms with Crippen LogP contribution in [0.25, 0.3) is 0 Å². The number of halogens is 1. The molecule has 0 saturated heterocycles. The zero-order chi connectivity index (χ0) is 20.5. The Morgan fingerprint density at radius 1 is 1.14 bits per heavy atom. The Bertz CT molecular complexity index is 688. The van der Waals surface area contributed by atoms with E-state index in [1.807, 2.05) is 6.07 Å². The summed E-state index contributed by atoms with van der Waals surface area (Å²) in [5, 5.41) is 6.35. The number of guanidine groups is 1. The van der Waals surface area contributed by atoms with Crippen molar-refractivity contribution in [3.05, 3.63) is 35.9 Å². The van der Waals surface area contributed by atoms with Gasteiger partial charge in [0.15, 0.2) is 15.8 Å². The van der Waals surface area contributed by atoms with Crippen molar-refractivity contribution < 1.29 is 8.42 Å². The van der Waals surface area contributed by atoms with Gasteiger partial charge in [-0.25, -0.2) is 8.42 Å². The average molecular weight is 525 g/mol. The van der Waals surface area contributed by atoms with Crippen molar-refractivity contribution in [1.29, 1.82) is 0 Å². The summed E-state index contributed by atoms with van der Waals surface area (Å²) >= 11 is 0. The molecule has 162 valence electrons. The number of benzene rings is 1. The first-order valence-corrected chi connectivity index (χ1v) is 11.1. The molecule has 0 amide bonds. The maximum atomic E-state index is 12.1. The molecule has 1 unspecified atom stereocenters. The fourth-order valence-corrected chi connectivity index (χ4v) is 3.46. The van der Waals surface area contributed by atoms with E-state index in [9.17, 15) is 8.42 Å². The van der Waals surface area contributed by atoms with Gasteiger partial charge in [0.25, 0.3) is 0 Å². The Morgan fingerprint density at radius 2 is 1.71 bits per heavy atom. The lowest BCUT2D eigenvalue weighted by atomic mass is 10.1. The average Bonchev–Trinajstić information content (AvgIpc) is 2.60. The van der Waals surface area contributed by atoms with E-state index in [2.05, 4.69) is 58.8 Å². The summed E-state index contributed by atoms with van der Waals surface area (Å²) in [5.74, 6) is 0.727. The second-order valence-electron chi connectivity index (χ2n) is 7.90. The van der Waals surface area contributed by atoms with Crippen LogP contribution in [0.1, 0.15) is 39.7 Å². The zero-order valence-corrected chi connectivity index (χ0v) is 21.2. The van der Waals surface area contributed by atoms with Crippen LogP contribution in [0.4, 0.5) is 0 Å². The van der Waals surface area contributed by atoms with E-state index in [1.54, 1.807) is 27.8 Å². The van der Waals surface area contributed by atoms with Crippen LogP contribution < -0.4 is 10.6 Å². The molecule has 0 heterocycles. The predicted molar refractivity (Wildman–Crippen MR) is 130 cm³/mol. The van der Waals surface area contributed by atoms with Crippen LogP contribution in [-0.2, 0) is 16.4 Å². The third-order valence-electron chi connectivity index (χ3n) is 4.70. The van der Waals surface area contributed by atoms with Crippen LogP contribution in [0.2, 0.25) is 0 Å². The van der Waals surface area contributed by atoms with Crippen LogP contribution in [-0.4, -0.2) is 63.0 Å². The number of rotatable bonds is 9. The molecule has 0 aromatic heterocycles. The normalized spacial score (nSPS) is 13.8. The molecule has 0 radical (unpaired) electrons. The van der Waals surface area contributed by atoms with Crippen molar-refractivity contribution in [2.75, 3.05) is 32.9 Å². The highest BCUT2D eigenvalue weighted by atomic mass is 127. The number of aliphatic imine (C=N–C) groups is 1. The molecule has 0 aliphatic carbocycles. The maximum Gasteiger partial charge on any atom is 0.191 e. The lowest BCUT2D eigenvalue weighted by Gasteiger charge is -2.25. The first kappa shape index (κ1) is 27.1. The molecule has 1 atom stereocenters. The van der Waals surface area contributed by atoms with Gasteiger partial charge in [-0.05, 0) is 46.7 Å². The molecule has 0 spiro atoms. The summed E-state index contributed by atoms with van der Waals surface area (Å²) in [6, 6.07) is 10.8. The summed E-state index contributed by atoms with van der Waals surface area (Å²) in [5.41, 5.74) is 1.30. The minimum atomic E-state index is -3.13. The molecule has 8 heteroatoms. The van der Waals surface area contributed by atoms with Crippen molar-refractivity contribution in [2.45, 2.75) is 51.4 Å². The quantitative estimate of drug-likeness (QED) is 0.295. The summed E-state index contributed by atoms with van der Waals surface area (Å²) < 4.78 is 23.6. The van der Waals surface area contributed by atoms with Crippen molar-refractivity contribution in [3.63, 3.8) is 0 Å². The smallest absolute Gasteiger partial charge is 0.191 e. The van der Waals surface area contributed by atoms with Gasteiger partial charge in [-0.2, -0.15) is 0 Å². The van der Waals surface area contributed by atoms with Crippen LogP contribution in [0.5, 0.6) is 0 Å². The monoisotopic (exact) mass is 524 g/mol. The highest BCUT2D eigenvalue weighted by Crippen LogP contribution is 2.15. The van der Waals surface area contributed by atoms with E-state index in [0.29, 0.717) is 18.5 Å². The lowest BCUT2D eigenvalue weighted by Crippen LogP contribution is -2.43. The van der Waals surface area contributed by atoms with E-state index in [-0.39, 0.29) is 29.7 Å². The molecule has 1 rings (SSSR count). The molecule has 1 aromatic carbocycles. The highest BCUT2D eigenvalue weighted by Gasteiger charge is 2.28. The van der Waals surface area contributed by atoms with E-state index < -0.39 is 14.6 Å². The second kappa shape index (κ2) is 12.6. The fraction of sp³-hybridized carbons (Fsp3) is 0.650. The van der Waals surface area contributed by atoms with Gasteiger partial charge in [-0.15, -0.1) is 24.0 Å². The van der Waals surface area contributed by atoms with Gasteiger partial charge >= 0.3 is 0 Å². The van der Waals surface area contributed by atoms with Gasteiger partial charge in [-0.3, -0.25) is 9.89 Å². The maximum absolute atomic E-state index is 12.1. The molecule has 0 bridgehead atoms. The summed E-state index contributed by atoms with van der Waals surface area (Å²) in [7, 11) is 0.692. The van der Waals surface area contributed by atoms with E-state index in [0.717, 1.165) is 19.5 Å².